The molecular formula is C68H58BN3O. The number of hydrogen-bond acceptors (Lipinski definition) is 3. The van der Waals surface area contributed by atoms with Crippen molar-refractivity contribution in [1.82, 2.24) is 4.57 Å². The summed E-state index contributed by atoms with van der Waals surface area (Å²) in [5, 5.41) is 4.73. The van der Waals surface area contributed by atoms with Crippen LogP contribution >= 0.6 is 0 Å². The monoisotopic (exact) mass is 943 g/mol. The van der Waals surface area contributed by atoms with Crippen molar-refractivity contribution in [3.8, 4) is 27.9 Å². The molecule has 0 spiro atoms. The summed E-state index contributed by atoms with van der Waals surface area (Å²) in [7, 11) is 0. The Bertz CT molecular complexity index is 4180. The summed E-state index contributed by atoms with van der Waals surface area (Å²) < 4.78 is 9.32. The second-order valence-electron chi connectivity index (χ2n) is 24.4. The van der Waals surface area contributed by atoms with Gasteiger partial charge in [0.05, 0.1) is 16.6 Å². The summed E-state index contributed by atoms with van der Waals surface area (Å²) >= 11 is 0. The van der Waals surface area contributed by atoms with Crippen molar-refractivity contribution in [2.75, 3.05) is 9.71 Å². The third kappa shape index (κ3) is 5.74. The van der Waals surface area contributed by atoms with E-state index in [1.165, 1.54) is 117 Å². The van der Waals surface area contributed by atoms with Gasteiger partial charge in [-0.1, -0.05) is 171 Å². The highest BCUT2D eigenvalue weighted by Crippen LogP contribution is 2.56. The molecule has 11 aromatic rings. The zero-order valence-electron chi connectivity index (χ0n) is 43.3. The number of fused-ring (bicyclic) bond motifs is 15. The van der Waals surface area contributed by atoms with Crippen molar-refractivity contribution < 1.29 is 4.42 Å². The molecule has 3 aliphatic heterocycles. The maximum absolute atomic E-state index is 6.68. The van der Waals surface area contributed by atoms with Crippen LogP contribution in [0.5, 0.6) is 0 Å². The maximum atomic E-state index is 6.68. The second kappa shape index (κ2) is 14.3. The Labute approximate surface area is 428 Å². The van der Waals surface area contributed by atoms with Crippen LogP contribution in [0.15, 0.2) is 180 Å². The Hall–Kier alpha value is -7.76. The van der Waals surface area contributed by atoms with E-state index in [9.17, 15) is 0 Å². The number of hydrogen-bond donors (Lipinski definition) is 0. The number of anilines is 4. The first-order valence-corrected chi connectivity index (χ1v) is 26.3. The van der Waals surface area contributed by atoms with Crippen molar-refractivity contribution in [3.05, 3.63) is 209 Å². The third-order valence-electron chi connectivity index (χ3n) is 17.7. The van der Waals surface area contributed by atoms with Crippen LogP contribution in [0.2, 0.25) is 0 Å². The van der Waals surface area contributed by atoms with Crippen LogP contribution in [-0.4, -0.2) is 11.4 Å². The molecule has 0 bridgehead atoms. The zero-order chi connectivity index (χ0) is 49.7. The predicted molar refractivity (Wildman–Crippen MR) is 308 cm³/mol. The molecule has 4 nitrogen and oxygen atoms in total. The van der Waals surface area contributed by atoms with E-state index >= 15 is 0 Å². The minimum Gasteiger partial charge on any atom is -0.456 e. The van der Waals surface area contributed by atoms with Gasteiger partial charge < -0.3 is 18.7 Å². The molecule has 5 heteroatoms. The number of furan rings is 1. The Kier molecular flexibility index (Phi) is 8.38. The van der Waals surface area contributed by atoms with Gasteiger partial charge in [-0.15, -0.1) is 0 Å². The molecule has 0 saturated carbocycles. The Morgan fingerprint density at radius 3 is 1.93 bits per heavy atom. The highest BCUT2D eigenvalue weighted by molar-refractivity contribution is 6.93. The number of benzene rings is 9. The van der Waals surface area contributed by atoms with E-state index < -0.39 is 0 Å². The predicted octanol–water partition coefficient (Wildman–Crippen LogP) is 16.4. The molecule has 1 unspecified atom stereocenters. The lowest BCUT2D eigenvalue weighted by atomic mass is 9.43. The topological polar surface area (TPSA) is 24.6 Å². The van der Waals surface area contributed by atoms with Gasteiger partial charge in [0.25, 0.3) is 0 Å². The smallest absolute Gasteiger partial charge is 0.333 e. The summed E-state index contributed by atoms with van der Waals surface area (Å²) in [5.41, 5.74) is 26.1. The summed E-state index contributed by atoms with van der Waals surface area (Å²) in [4.78, 5) is 5.35. The molecule has 0 saturated heterocycles. The number of nitrogens with zero attached hydrogens (tertiary/aromatic N) is 3. The number of aromatic nitrogens is 1. The SMILES string of the molecule is CC(C)(C)c1ccc(N2B3c4cc5c(cc4-n4c6cc7c(cc6c6ccc(c3c64)-c3cc4c(cc32)-c2ccc(C(C)(C)C)cc2C4(C)C)oc2ccccc27)N(c2ccccc2)C(C)(c2ccccc2)C5)cc1. The van der Waals surface area contributed by atoms with Crippen molar-refractivity contribution >= 4 is 84.3 Å². The average Bonchev–Trinajstić information content (AvgIpc) is 4.08. The quantitative estimate of drug-likeness (QED) is 0.165. The third-order valence-corrected chi connectivity index (χ3v) is 17.7. The van der Waals surface area contributed by atoms with E-state index in [2.05, 4.69) is 253 Å². The molecule has 1 aliphatic carbocycles. The largest absolute Gasteiger partial charge is 0.456 e. The van der Waals surface area contributed by atoms with Crippen LogP contribution in [0.3, 0.4) is 0 Å². The molecule has 2 aromatic heterocycles. The van der Waals surface area contributed by atoms with Crippen LogP contribution in [0.1, 0.15) is 95.7 Å². The second-order valence-corrected chi connectivity index (χ2v) is 24.4. The van der Waals surface area contributed by atoms with E-state index in [0.29, 0.717) is 0 Å². The molecule has 354 valence electrons. The Morgan fingerprint density at radius 2 is 1.18 bits per heavy atom. The molecule has 0 N–H and O–H groups in total. The van der Waals surface area contributed by atoms with E-state index in [0.717, 1.165) is 28.4 Å². The van der Waals surface area contributed by atoms with Crippen LogP contribution < -0.4 is 20.6 Å². The molecule has 0 amide bonds. The fourth-order valence-corrected chi connectivity index (χ4v) is 13.9. The summed E-state index contributed by atoms with van der Waals surface area (Å²) in [6, 6.07) is 67.5. The van der Waals surface area contributed by atoms with E-state index in [4.69, 9.17) is 4.42 Å². The molecular weight excluding hydrogens is 886 g/mol. The van der Waals surface area contributed by atoms with Gasteiger partial charge in [0.1, 0.15) is 11.2 Å². The lowest BCUT2D eigenvalue weighted by Gasteiger charge is -2.43. The first-order valence-electron chi connectivity index (χ1n) is 26.3. The average molecular weight is 944 g/mol. The minimum atomic E-state index is -0.335. The fourth-order valence-electron chi connectivity index (χ4n) is 13.9. The van der Waals surface area contributed by atoms with Gasteiger partial charge in [-0.05, 0) is 139 Å². The Balaban J connectivity index is 1.07. The number of rotatable bonds is 3. The van der Waals surface area contributed by atoms with Gasteiger partial charge in [0.15, 0.2) is 0 Å². The zero-order valence-corrected chi connectivity index (χ0v) is 43.3. The first kappa shape index (κ1) is 42.9. The van der Waals surface area contributed by atoms with E-state index in [1.807, 2.05) is 0 Å². The van der Waals surface area contributed by atoms with Crippen molar-refractivity contribution in [2.24, 2.45) is 0 Å². The number of para-hydroxylation sites is 2. The van der Waals surface area contributed by atoms with Crippen LogP contribution in [0.25, 0.3) is 71.7 Å². The summed E-state index contributed by atoms with van der Waals surface area (Å²) in [6.07, 6.45) is 0.867. The summed E-state index contributed by atoms with van der Waals surface area (Å²) in [5.74, 6) is 0. The first-order chi connectivity index (χ1) is 35.1. The van der Waals surface area contributed by atoms with Gasteiger partial charge in [-0.25, -0.2) is 0 Å². The molecule has 4 aliphatic rings. The van der Waals surface area contributed by atoms with Gasteiger partial charge in [-0.3, -0.25) is 0 Å². The molecule has 5 heterocycles. The van der Waals surface area contributed by atoms with E-state index in [1.54, 1.807) is 0 Å². The van der Waals surface area contributed by atoms with Crippen molar-refractivity contribution in [3.63, 3.8) is 0 Å². The normalized spacial score (nSPS) is 17.1. The lowest BCUT2D eigenvalue weighted by Crippen LogP contribution is -2.60. The van der Waals surface area contributed by atoms with Gasteiger partial charge in [0.2, 0.25) is 0 Å². The van der Waals surface area contributed by atoms with Gasteiger partial charge >= 0.3 is 6.85 Å². The molecule has 0 radical (unpaired) electrons. The molecule has 73 heavy (non-hydrogen) atoms. The van der Waals surface area contributed by atoms with Crippen LogP contribution in [0, 0.1) is 0 Å². The lowest BCUT2D eigenvalue weighted by molar-refractivity contribution is 0.509. The van der Waals surface area contributed by atoms with Crippen LogP contribution in [-0.2, 0) is 28.2 Å². The van der Waals surface area contributed by atoms with Crippen LogP contribution in [0.4, 0.5) is 22.7 Å². The highest BCUT2D eigenvalue weighted by Gasteiger charge is 2.49. The maximum Gasteiger partial charge on any atom is 0.333 e. The molecule has 1 atom stereocenters. The summed E-state index contributed by atoms with van der Waals surface area (Å²) in [6.45, 7) is 21.1. The van der Waals surface area contributed by atoms with Crippen molar-refractivity contribution in [2.45, 2.75) is 90.5 Å². The Morgan fingerprint density at radius 1 is 0.493 bits per heavy atom. The van der Waals surface area contributed by atoms with Gasteiger partial charge in [-0.2, -0.15) is 0 Å². The fraction of sp³-hybridized carbons (Fsp3) is 0.206. The van der Waals surface area contributed by atoms with Crippen molar-refractivity contribution in [1.29, 1.82) is 0 Å². The molecule has 9 aromatic carbocycles. The minimum absolute atomic E-state index is 0.0125. The standard InChI is InChI=1S/C68H58BN3O/c1-65(2,3)41-24-27-45(28-25-41)72-59-35-50-46-29-26-43(66(4,5)6)33-54(46)67(7,8)55(50)34-51(59)48-30-31-49-52-37-62-53(47-22-16-17-23-61(47)73-62)36-58(52)70-60-38-57-40(32-56(60)69(72)63(48)64(49)70)39-68(9,42-18-12-10-13-19-42)71(57)44-20-14-11-15-21-44/h10-38H,39H2,1-9H3. The van der Waals surface area contributed by atoms with E-state index in [-0.39, 0.29) is 28.6 Å². The highest BCUT2D eigenvalue weighted by atomic mass is 16.3. The van der Waals surface area contributed by atoms with Gasteiger partial charge in [0, 0.05) is 67.4 Å². The molecule has 15 rings (SSSR count). The molecule has 0 fully saturated rings.